The van der Waals surface area contributed by atoms with Gasteiger partial charge in [0.25, 0.3) is 0 Å². The lowest BCUT2D eigenvalue weighted by Gasteiger charge is -2.31. The monoisotopic (exact) mass is 203 g/mol. The summed E-state index contributed by atoms with van der Waals surface area (Å²) in [4.78, 5) is 14.5. The van der Waals surface area contributed by atoms with Crippen LogP contribution in [0, 0.1) is 0 Å². The van der Waals surface area contributed by atoms with E-state index in [9.17, 15) is 4.79 Å². The highest BCUT2D eigenvalue weighted by atomic mass is 32.2. The zero-order valence-corrected chi connectivity index (χ0v) is 8.75. The van der Waals surface area contributed by atoms with Crippen LogP contribution in [0.4, 0.5) is 5.69 Å². The van der Waals surface area contributed by atoms with Crippen LogP contribution in [0.1, 0.15) is 6.92 Å². The summed E-state index contributed by atoms with van der Waals surface area (Å²) < 4.78 is 0. The highest BCUT2D eigenvalue weighted by Crippen LogP contribution is 2.37. The van der Waals surface area contributed by atoms with E-state index < -0.39 is 5.15 Å². The highest BCUT2D eigenvalue weighted by molar-refractivity contribution is 8.02. The number of anilines is 1. The second-order valence-electron chi connectivity index (χ2n) is 3.09. The maximum absolute atomic E-state index is 11.7. The van der Waals surface area contributed by atoms with Crippen LogP contribution in [0.3, 0.4) is 0 Å². The molecule has 2 radical (unpaired) electrons. The Labute approximate surface area is 89.1 Å². The zero-order valence-electron chi connectivity index (χ0n) is 7.93. The third-order valence-electron chi connectivity index (χ3n) is 2.24. The van der Waals surface area contributed by atoms with E-state index in [-0.39, 0.29) is 5.91 Å². The molecule has 1 heterocycles. The van der Waals surface area contributed by atoms with Crippen molar-refractivity contribution in [3.63, 3.8) is 0 Å². The summed E-state index contributed by atoms with van der Waals surface area (Å²) in [6.07, 6.45) is 0. The average molecular weight is 203 g/mol. The predicted octanol–water partition coefficient (Wildman–Crippen LogP) is 1.64. The molecule has 0 bridgehead atoms. The lowest BCUT2D eigenvalue weighted by Crippen LogP contribution is -2.40. The van der Waals surface area contributed by atoms with Gasteiger partial charge in [0.1, 0.15) is 0 Å². The number of amides is 1. The maximum Gasteiger partial charge on any atom is 0.231 e. The fourth-order valence-electron chi connectivity index (χ4n) is 1.57. The number of benzene rings is 1. The first kappa shape index (κ1) is 9.65. The molecule has 1 atom stereocenters. The van der Waals surface area contributed by atoms with Crippen LogP contribution in [0.15, 0.2) is 29.2 Å². The summed E-state index contributed by atoms with van der Waals surface area (Å²) >= 11 is 1.43. The second-order valence-corrected chi connectivity index (χ2v) is 4.27. The standard InChI is InChI=1S/C10H10BNOS/c1-2-12-7-5-3-4-6-8(7)14-9(11)10(12)13/h3-6,9H,2H2,1H3. The second kappa shape index (κ2) is 3.69. The molecule has 0 aromatic heterocycles. The molecule has 1 amide bonds. The molecular weight excluding hydrogens is 193 g/mol. The molecule has 14 heavy (non-hydrogen) atoms. The minimum atomic E-state index is -0.454. The molecular formula is C10H10BNOS. The van der Waals surface area contributed by atoms with Gasteiger partial charge in [0.05, 0.1) is 13.5 Å². The highest BCUT2D eigenvalue weighted by Gasteiger charge is 2.28. The van der Waals surface area contributed by atoms with Crippen molar-refractivity contribution in [3.8, 4) is 0 Å². The summed E-state index contributed by atoms with van der Waals surface area (Å²) in [6, 6.07) is 7.85. The molecule has 2 nitrogen and oxygen atoms in total. The van der Waals surface area contributed by atoms with Crippen molar-refractivity contribution in [1.29, 1.82) is 0 Å². The molecule has 0 fully saturated rings. The summed E-state index contributed by atoms with van der Waals surface area (Å²) in [5.74, 6) is -0.00352. The van der Waals surface area contributed by atoms with Crippen LogP contribution >= 0.6 is 11.8 Å². The number of carbonyl (C=O) groups excluding carboxylic acids is 1. The molecule has 70 valence electrons. The molecule has 0 saturated carbocycles. The van der Waals surface area contributed by atoms with Crippen LogP contribution < -0.4 is 4.90 Å². The van der Waals surface area contributed by atoms with Crippen molar-refractivity contribution in [1.82, 2.24) is 0 Å². The van der Waals surface area contributed by atoms with E-state index in [0.29, 0.717) is 6.54 Å². The largest absolute Gasteiger partial charge is 0.311 e. The lowest BCUT2D eigenvalue weighted by molar-refractivity contribution is -0.117. The smallest absolute Gasteiger partial charge is 0.231 e. The number of para-hydroxylation sites is 1. The molecule has 1 unspecified atom stereocenters. The molecule has 1 aromatic carbocycles. The SMILES string of the molecule is [B]C1Sc2ccccc2N(CC)C1=O. The summed E-state index contributed by atoms with van der Waals surface area (Å²) in [7, 11) is 5.73. The topological polar surface area (TPSA) is 20.3 Å². The van der Waals surface area contributed by atoms with Crippen molar-refractivity contribution < 1.29 is 4.79 Å². The molecule has 1 aliphatic rings. The lowest BCUT2D eigenvalue weighted by atomic mass is 10.0. The summed E-state index contributed by atoms with van der Waals surface area (Å²) in [5, 5.41) is -0.454. The zero-order chi connectivity index (χ0) is 10.1. The van der Waals surface area contributed by atoms with Crippen LogP contribution in [-0.4, -0.2) is 25.4 Å². The van der Waals surface area contributed by atoms with Crippen LogP contribution in [0.2, 0.25) is 0 Å². The molecule has 0 spiro atoms. The van der Waals surface area contributed by atoms with Crippen LogP contribution in [0.5, 0.6) is 0 Å². The Bertz CT molecular complexity index is 369. The Hall–Kier alpha value is -0.895. The van der Waals surface area contributed by atoms with Crippen LogP contribution in [-0.2, 0) is 4.79 Å². The molecule has 0 aliphatic carbocycles. The number of hydrogen-bond acceptors (Lipinski definition) is 2. The van der Waals surface area contributed by atoms with Gasteiger partial charge in [0, 0.05) is 16.6 Å². The van der Waals surface area contributed by atoms with Gasteiger partial charge in [-0.2, -0.15) is 0 Å². The maximum atomic E-state index is 11.7. The van der Waals surface area contributed by atoms with Gasteiger partial charge in [-0.1, -0.05) is 12.1 Å². The average Bonchev–Trinajstić information content (AvgIpc) is 2.20. The van der Waals surface area contributed by atoms with E-state index in [0.717, 1.165) is 10.6 Å². The molecule has 4 heteroatoms. The van der Waals surface area contributed by atoms with E-state index in [1.165, 1.54) is 11.8 Å². The van der Waals surface area contributed by atoms with E-state index in [1.807, 2.05) is 31.2 Å². The van der Waals surface area contributed by atoms with Crippen molar-refractivity contribution in [2.45, 2.75) is 17.0 Å². The Balaban J connectivity index is 2.47. The van der Waals surface area contributed by atoms with Crippen molar-refractivity contribution in [2.75, 3.05) is 11.4 Å². The van der Waals surface area contributed by atoms with Gasteiger partial charge in [-0.15, -0.1) is 11.8 Å². The molecule has 0 N–H and O–H groups in total. The number of fused-ring (bicyclic) bond motifs is 1. The van der Waals surface area contributed by atoms with Crippen molar-refractivity contribution >= 4 is 31.2 Å². The first-order valence-electron chi connectivity index (χ1n) is 4.56. The van der Waals surface area contributed by atoms with Gasteiger partial charge in [0.2, 0.25) is 5.91 Å². The van der Waals surface area contributed by atoms with Gasteiger partial charge in [-0.3, -0.25) is 4.79 Å². The fraction of sp³-hybridized carbons (Fsp3) is 0.300. The predicted molar refractivity (Wildman–Crippen MR) is 59.9 cm³/mol. The van der Waals surface area contributed by atoms with E-state index >= 15 is 0 Å². The number of carbonyl (C=O) groups is 1. The van der Waals surface area contributed by atoms with Gasteiger partial charge in [0.15, 0.2) is 0 Å². The van der Waals surface area contributed by atoms with Crippen LogP contribution in [0.25, 0.3) is 0 Å². The van der Waals surface area contributed by atoms with Gasteiger partial charge in [-0.25, -0.2) is 0 Å². The number of hydrogen-bond donors (Lipinski definition) is 0. The quantitative estimate of drug-likeness (QED) is 0.646. The van der Waals surface area contributed by atoms with Gasteiger partial charge >= 0.3 is 0 Å². The Kier molecular flexibility index (Phi) is 2.55. The minimum absolute atomic E-state index is 0.00352. The van der Waals surface area contributed by atoms with Gasteiger partial charge < -0.3 is 4.90 Å². The third kappa shape index (κ3) is 1.44. The van der Waals surface area contributed by atoms with Crippen molar-refractivity contribution in [3.05, 3.63) is 24.3 Å². The molecule has 0 saturated heterocycles. The normalized spacial score (nSPS) is 20.8. The first-order chi connectivity index (χ1) is 6.74. The van der Waals surface area contributed by atoms with Crippen molar-refractivity contribution in [2.24, 2.45) is 0 Å². The Morgan fingerprint density at radius 3 is 2.93 bits per heavy atom. The number of nitrogens with zero attached hydrogens (tertiary/aromatic N) is 1. The first-order valence-corrected chi connectivity index (χ1v) is 5.44. The fourth-order valence-corrected chi connectivity index (χ4v) is 2.52. The van der Waals surface area contributed by atoms with E-state index in [1.54, 1.807) is 4.90 Å². The Morgan fingerprint density at radius 1 is 1.50 bits per heavy atom. The third-order valence-corrected chi connectivity index (χ3v) is 3.29. The van der Waals surface area contributed by atoms with E-state index in [4.69, 9.17) is 7.85 Å². The Morgan fingerprint density at radius 2 is 2.21 bits per heavy atom. The molecule has 2 rings (SSSR count). The summed E-state index contributed by atoms with van der Waals surface area (Å²) in [5.41, 5.74) is 0.978. The molecule has 1 aliphatic heterocycles. The van der Waals surface area contributed by atoms with Gasteiger partial charge in [-0.05, 0) is 19.1 Å². The molecule has 1 aromatic rings. The van der Waals surface area contributed by atoms with E-state index in [2.05, 4.69) is 0 Å². The number of thioether (sulfide) groups is 1. The number of rotatable bonds is 1. The minimum Gasteiger partial charge on any atom is -0.311 e. The summed E-state index contributed by atoms with van der Waals surface area (Å²) in [6.45, 7) is 2.63.